The van der Waals surface area contributed by atoms with Crippen molar-refractivity contribution in [1.29, 1.82) is 0 Å². The second-order valence-electron chi connectivity index (χ2n) is 4.89. The van der Waals surface area contributed by atoms with Crippen LogP contribution in [0.15, 0.2) is 24.3 Å². The topological polar surface area (TPSA) is 78.4 Å². The number of carboxylic acids is 1. The fraction of sp³-hybridized carbons (Fsp3) is 0.467. The number of urea groups is 1. The largest absolute Gasteiger partial charge is 0.481 e. The van der Waals surface area contributed by atoms with Crippen LogP contribution in [0.25, 0.3) is 0 Å². The number of anilines is 1. The van der Waals surface area contributed by atoms with Gasteiger partial charge in [0.25, 0.3) is 0 Å². The monoisotopic (exact) mass is 312 g/mol. The van der Waals surface area contributed by atoms with E-state index in [1.807, 2.05) is 6.92 Å². The molecule has 0 aromatic heterocycles. The van der Waals surface area contributed by atoms with Gasteiger partial charge >= 0.3 is 12.0 Å². The van der Waals surface area contributed by atoms with E-state index < -0.39 is 5.97 Å². The minimum absolute atomic E-state index is 0.174. The van der Waals surface area contributed by atoms with Crippen LogP contribution < -0.4 is 10.6 Å². The summed E-state index contributed by atoms with van der Waals surface area (Å²) in [7, 11) is 0. The Hall–Kier alpha value is -1.75. The summed E-state index contributed by atoms with van der Waals surface area (Å²) in [6, 6.07) is 6.64. The van der Waals surface area contributed by atoms with Gasteiger partial charge in [0.1, 0.15) is 0 Å². The lowest BCUT2D eigenvalue weighted by Gasteiger charge is -2.14. The van der Waals surface area contributed by atoms with E-state index in [0.29, 0.717) is 29.6 Å². The van der Waals surface area contributed by atoms with E-state index >= 15 is 0 Å². The fourth-order valence-electron chi connectivity index (χ4n) is 2.01. The molecule has 1 unspecified atom stereocenters. The molecule has 1 aromatic rings. The predicted molar refractivity (Wildman–Crippen MR) is 83.7 cm³/mol. The van der Waals surface area contributed by atoms with Crippen molar-refractivity contribution in [3.8, 4) is 0 Å². The van der Waals surface area contributed by atoms with Crippen LogP contribution in [0.1, 0.15) is 32.6 Å². The summed E-state index contributed by atoms with van der Waals surface area (Å²) in [5.74, 6) is -0.465. The molecule has 116 valence electrons. The first-order valence-electron chi connectivity index (χ1n) is 7.03. The molecule has 0 saturated carbocycles. The van der Waals surface area contributed by atoms with Crippen molar-refractivity contribution in [3.05, 3.63) is 29.3 Å². The molecule has 0 aliphatic heterocycles. The van der Waals surface area contributed by atoms with Gasteiger partial charge in [-0.25, -0.2) is 4.79 Å². The maximum Gasteiger partial charge on any atom is 0.319 e. The Labute approximate surface area is 129 Å². The Morgan fingerprint density at radius 3 is 2.71 bits per heavy atom. The van der Waals surface area contributed by atoms with Crippen molar-refractivity contribution in [2.45, 2.75) is 32.6 Å². The first-order valence-corrected chi connectivity index (χ1v) is 7.41. The van der Waals surface area contributed by atoms with Gasteiger partial charge in [-0.3, -0.25) is 4.79 Å². The third kappa shape index (κ3) is 7.56. The first kappa shape index (κ1) is 17.3. The molecule has 1 aromatic carbocycles. The Morgan fingerprint density at radius 1 is 1.33 bits per heavy atom. The minimum Gasteiger partial charge on any atom is -0.481 e. The van der Waals surface area contributed by atoms with Crippen LogP contribution in [-0.2, 0) is 4.79 Å². The second-order valence-corrected chi connectivity index (χ2v) is 5.32. The molecule has 0 heterocycles. The quantitative estimate of drug-likeness (QED) is 0.684. The van der Waals surface area contributed by atoms with Crippen LogP contribution in [0.5, 0.6) is 0 Å². The summed E-state index contributed by atoms with van der Waals surface area (Å²) in [6.07, 6.45) is 2.49. The van der Waals surface area contributed by atoms with Crippen LogP contribution in [0.3, 0.4) is 0 Å². The third-order valence-corrected chi connectivity index (χ3v) is 3.50. The molecule has 21 heavy (non-hydrogen) atoms. The Bertz CT molecular complexity index is 480. The van der Waals surface area contributed by atoms with E-state index in [9.17, 15) is 9.59 Å². The fourth-order valence-corrected chi connectivity index (χ4v) is 2.20. The number of nitrogens with one attached hydrogen (secondary N) is 2. The Kier molecular flexibility index (Phi) is 7.61. The maximum atomic E-state index is 11.7. The Balaban J connectivity index is 2.27. The molecule has 2 amide bonds. The van der Waals surface area contributed by atoms with Gasteiger partial charge in [0.05, 0.1) is 0 Å². The number of hydrogen-bond donors (Lipinski definition) is 3. The smallest absolute Gasteiger partial charge is 0.319 e. The molecule has 0 saturated heterocycles. The molecule has 0 aliphatic rings. The highest BCUT2D eigenvalue weighted by molar-refractivity contribution is 6.30. The van der Waals surface area contributed by atoms with Gasteiger partial charge in [-0.1, -0.05) is 31.0 Å². The highest BCUT2D eigenvalue weighted by atomic mass is 35.5. The van der Waals surface area contributed by atoms with Gasteiger partial charge < -0.3 is 15.7 Å². The van der Waals surface area contributed by atoms with Crippen molar-refractivity contribution in [2.75, 3.05) is 11.9 Å². The summed E-state index contributed by atoms with van der Waals surface area (Å²) in [4.78, 5) is 22.2. The van der Waals surface area contributed by atoms with Crippen molar-refractivity contribution in [1.82, 2.24) is 5.32 Å². The number of benzene rings is 1. The lowest BCUT2D eigenvalue weighted by atomic mass is 9.97. The third-order valence-electron chi connectivity index (χ3n) is 3.26. The van der Waals surface area contributed by atoms with Crippen molar-refractivity contribution >= 4 is 29.3 Å². The normalized spacial score (nSPS) is 11.7. The summed E-state index contributed by atoms with van der Waals surface area (Å²) < 4.78 is 0. The van der Waals surface area contributed by atoms with E-state index in [2.05, 4.69) is 10.6 Å². The maximum absolute atomic E-state index is 11.7. The standard InChI is InChI=1S/C15H21ClN2O3/c1-2-11(6-7-14(19)20)8-9-17-15(21)18-13-5-3-4-12(16)10-13/h3-5,10-11H,2,6-9H2,1H3,(H,19,20)(H2,17,18,21). The van der Waals surface area contributed by atoms with E-state index in [0.717, 1.165) is 12.8 Å². The molecule has 0 spiro atoms. The van der Waals surface area contributed by atoms with Crippen LogP contribution in [0.4, 0.5) is 10.5 Å². The summed E-state index contributed by atoms with van der Waals surface area (Å²) in [5, 5.41) is 14.7. The average Bonchev–Trinajstić information content (AvgIpc) is 2.42. The zero-order valence-electron chi connectivity index (χ0n) is 12.1. The zero-order chi connectivity index (χ0) is 15.7. The van der Waals surface area contributed by atoms with E-state index in [4.69, 9.17) is 16.7 Å². The minimum atomic E-state index is -0.778. The second kappa shape index (κ2) is 9.23. The van der Waals surface area contributed by atoms with E-state index in [1.165, 1.54) is 0 Å². The SMILES string of the molecule is CCC(CCNC(=O)Nc1cccc(Cl)c1)CCC(=O)O. The van der Waals surface area contributed by atoms with E-state index in [1.54, 1.807) is 24.3 Å². The predicted octanol–water partition coefficient (Wildman–Crippen LogP) is 3.74. The molecule has 0 aliphatic carbocycles. The molecule has 0 fully saturated rings. The molecular formula is C15H21ClN2O3. The number of hydrogen-bond acceptors (Lipinski definition) is 2. The molecule has 3 N–H and O–H groups in total. The van der Waals surface area contributed by atoms with Gasteiger partial charge in [-0.05, 0) is 37.0 Å². The van der Waals surface area contributed by atoms with Crippen molar-refractivity contribution in [2.24, 2.45) is 5.92 Å². The van der Waals surface area contributed by atoms with E-state index in [-0.39, 0.29) is 12.5 Å². The number of aliphatic carboxylic acids is 1. The van der Waals surface area contributed by atoms with Crippen LogP contribution in [0.2, 0.25) is 5.02 Å². The van der Waals surface area contributed by atoms with Gasteiger partial charge in [0.15, 0.2) is 0 Å². The highest BCUT2D eigenvalue weighted by Crippen LogP contribution is 2.16. The zero-order valence-corrected chi connectivity index (χ0v) is 12.8. The molecule has 6 heteroatoms. The number of halogens is 1. The molecule has 0 radical (unpaired) electrons. The number of carbonyl (C=O) groups excluding carboxylic acids is 1. The lowest BCUT2D eigenvalue weighted by Crippen LogP contribution is -2.30. The molecular weight excluding hydrogens is 292 g/mol. The molecule has 1 atom stereocenters. The van der Waals surface area contributed by atoms with Gasteiger partial charge in [-0.15, -0.1) is 0 Å². The van der Waals surface area contributed by atoms with Crippen LogP contribution in [0, 0.1) is 5.92 Å². The number of carbonyl (C=O) groups is 2. The summed E-state index contributed by atoms with van der Waals surface area (Å²) >= 11 is 5.83. The molecule has 5 nitrogen and oxygen atoms in total. The average molecular weight is 313 g/mol. The number of rotatable bonds is 8. The number of carboxylic acid groups (broad SMARTS) is 1. The van der Waals surface area contributed by atoms with Gasteiger partial charge in [0, 0.05) is 23.7 Å². The Morgan fingerprint density at radius 2 is 2.10 bits per heavy atom. The van der Waals surface area contributed by atoms with Crippen molar-refractivity contribution < 1.29 is 14.7 Å². The molecule has 0 bridgehead atoms. The summed E-state index contributed by atoms with van der Waals surface area (Å²) in [5.41, 5.74) is 0.637. The molecule has 1 rings (SSSR count). The van der Waals surface area contributed by atoms with Crippen LogP contribution >= 0.6 is 11.6 Å². The van der Waals surface area contributed by atoms with Gasteiger partial charge in [-0.2, -0.15) is 0 Å². The lowest BCUT2D eigenvalue weighted by molar-refractivity contribution is -0.137. The summed E-state index contributed by atoms with van der Waals surface area (Å²) in [6.45, 7) is 2.54. The first-order chi connectivity index (χ1) is 10.0. The highest BCUT2D eigenvalue weighted by Gasteiger charge is 2.09. The van der Waals surface area contributed by atoms with Crippen LogP contribution in [-0.4, -0.2) is 23.7 Å². The van der Waals surface area contributed by atoms with Crippen molar-refractivity contribution in [3.63, 3.8) is 0 Å². The van der Waals surface area contributed by atoms with Gasteiger partial charge in [0.2, 0.25) is 0 Å². The number of amides is 2.